The third kappa shape index (κ3) is 4.25. The summed E-state index contributed by atoms with van der Waals surface area (Å²) in [5.41, 5.74) is 0. The van der Waals surface area contributed by atoms with Gasteiger partial charge in [0, 0.05) is 40.2 Å². The summed E-state index contributed by atoms with van der Waals surface area (Å²) in [4.78, 5) is 20.4. The number of nitrogens with one attached hydrogen (secondary N) is 1. The molecule has 21 heavy (non-hydrogen) atoms. The number of hydrogen-bond donors (Lipinski definition) is 1. The summed E-state index contributed by atoms with van der Waals surface area (Å²) in [6, 6.07) is -0.172. The monoisotopic (exact) mass is 295 g/mol. The molecule has 118 valence electrons. The molecule has 1 aliphatic rings. The Morgan fingerprint density at radius 3 is 2.95 bits per heavy atom. The zero-order valence-electron chi connectivity index (χ0n) is 13.3. The second kappa shape index (κ2) is 7.00. The van der Waals surface area contributed by atoms with Crippen molar-refractivity contribution in [2.75, 3.05) is 33.7 Å². The van der Waals surface area contributed by atoms with Gasteiger partial charge in [0.25, 0.3) is 0 Å². The first kappa shape index (κ1) is 15.9. The minimum Gasteiger partial charge on any atom is -0.347 e. The van der Waals surface area contributed by atoms with E-state index in [1.807, 2.05) is 0 Å². The maximum Gasteiger partial charge on any atom is 0.240 e. The van der Waals surface area contributed by atoms with Crippen molar-refractivity contribution in [3.05, 3.63) is 11.7 Å². The molecule has 1 aliphatic heterocycles. The van der Waals surface area contributed by atoms with Crippen LogP contribution in [0.3, 0.4) is 0 Å². The molecule has 1 amide bonds. The minimum absolute atomic E-state index is 0.101. The van der Waals surface area contributed by atoms with Crippen molar-refractivity contribution in [2.24, 2.45) is 5.92 Å². The predicted molar refractivity (Wildman–Crippen MR) is 78.6 cm³/mol. The van der Waals surface area contributed by atoms with Crippen molar-refractivity contribution in [1.29, 1.82) is 0 Å². The lowest BCUT2D eigenvalue weighted by molar-refractivity contribution is -0.135. The van der Waals surface area contributed by atoms with Crippen molar-refractivity contribution in [2.45, 2.75) is 32.9 Å². The molecule has 7 nitrogen and oxygen atoms in total. The smallest absolute Gasteiger partial charge is 0.240 e. The van der Waals surface area contributed by atoms with E-state index in [4.69, 9.17) is 4.52 Å². The molecule has 2 heterocycles. The molecule has 0 radical (unpaired) electrons. The summed E-state index contributed by atoms with van der Waals surface area (Å²) in [6.07, 6.45) is 0.811. The number of likely N-dealkylation sites (N-methyl/N-ethyl adjacent to an activating group) is 1. The zero-order chi connectivity index (χ0) is 15.4. The average Bonchev–Trinajstić information content (AvgIpc) is 2.85. The van der Waals surface area contributed by atoms with Gasteiger partial charge in [0.1, 0.15) is 6.04 Å². The van der Waals surface area contributed by atoms with Crippen LogP contribution in [0.4, 0.5) is 0 Å². The molecule has 0 aliphatic carbocycles. The lowest BCUT2D eigenvalue weighted by Crippen LogP contribution is -2.57. The number of hydrogen-bond acceptors (Lipinski definition) is 6. The molecule has 1 aromatic rings. The highest BCUT2D eigenvalue weighted by atomic mass is 16.5. The zero-order valence-corrected chi connectivity index (χ0v) is 13.3. The summed E-state index contributed by atoms with van der Waals surface area (Å²) in [5.74, 6) is 1.93. The number of piperazine rings is 1. The van der Waals surface area contributed by atoms with E-state index in [1.54, 1.807) is 19.0 Å². The van der Waals surface area contributed by atoms with Gasteiger partial charge in [-0.3, -0.25) is 9.69 Å². The molecule has 0 spiro atoms. The van der Waals surface area contributed by atoms with Gasteiger partial charge < -0.3 is 14.7 Å². The predicted octanol–water partition coefficient (Wildman–Crippen LogP) is 0.130. The van der Waals surface area contributed by atoms with E-state index in [9.17, 15) is 4.79 Å². The SMILES string of the molecule is CC(C)Cc1noc(CN2CCNCC2C(=O)N(C)C)n1. The van der Waals surface area contributed by atoms with E-state index in [-0.39, 0.29) is 11.9 Å². The van der Waals surface area contributed by atoms with Crippen molar-refractivity contribution >= 4 is 5.91 Å². The largest absolute Gasteiger partial charge is 0.347 e. The summed E-state index contributed by atoms with van der Waals surface area (Å²) < 4.78 is 5.31. The van der Waals surface area contributed by atoms with Crippen molar-refractivity contribution in [3.63, 3.8) is 0 Å². The molecule has 0 aromatic carbocycles. The van der Waals surface area contributed by atoms with Crippen LogP contribution in [0.15, 0.2) is 4.52 Å². The molecule has 1 aromatic heterocycles. The number of carbonyl (C=O) groups is 1. The van der Waals surface area contributed by atoms with Crippen LogP contribution in [0.2, 0.25) is 0 Å². The van der Waals surface area contributed by atoms with Crippen LogP contribution in [-0.2, 0) is 17.8 Å². The molecule has 2 rings (SSSR count). The fourth-order valence-electron chi connectivity index (χ4n) is 2.45. The minimum atomic E-state index is -0.172. The molecule has 0 bridgehead atoms. The maximum absolute atomic E-state index is 12.2. The molecular formula is C14H25N5O2. The van der Waals surface area contributed by atoms with E-state index < -0.39 is 0 Å². The first-order valence-corrected chi connectivity index (χ1v) is 7.44. The molecular weight excluding hydrogens is 270 g/mol. The lowest BCUT2D eigenvalue weighted by atomic mass is 10.1. The average molecular weight is 295 g/mol. The van der Waals surface area contributed by atoms with Gasteiger partial charge in [-0.15, -0.1) is 0 Å². The summed E-state index contributed by atoms with van der Waals surface area (Å²) >= 11 is 0. The van der Waals surface area contributed by atoms with Crippen LogP contribution in [0.25, 0.3) is 0 Å². The van der Waals surface area contributed by atoms with E-state index >= 15 is 0 Å². The van der Waals surface area contributed by atoms with Gasteiger partial charge in [0.15, 0.2) is 5.82 Å². The number of amides is 1. The highest BCUT2D eigenvalue weighted by Gasteiger charge is 2.30. The highest BCUT2D eigenvalue weighted by molar-refractivity contribution is 5.81. The van der Waals surface area contributed by atoms with Crippen LogP contribution in [-0.4, -0.2) is 65.6 Å². The second-order valence-electron chi connectivity index (χ2n) is 6.13. The van der Waals surface area contributed by atoms with Crippen molar-refractivity contribution in [1.82, 2.24) is 25.3 Å². The molecule has 0 saturated carbocycles. The lowest BCUT2D eigenvalue weighted by Gasteiger charge is -2.35. The molecule has 1 unspecified atom stereocenters. The fourth-order valence-corrected chi connectivity index (χ4v) is 2.45. The Hall–Kier alpha value is -1.47. The Labute approximate surface area is 125 Å². The van der Waals surface area contributed by atoms with Crippen LogP contribution in [0.5, 0.6) is 0 Å². The molecule has 7 heteroatoms. The third-order valence-electron chi connectivity index (χ3n) is 3.52. The van der Waals surface area contributed by atoms with Gasteiger partial charge in [-0.1, -0.05) is 19.0 Å². The van der Waals surface area contributed by atoms with E-state index in [1.165, 1.54) is 0 Å². The summed E-state index contributed by atoms with van der Waals surface area (Å²) in [7, 11) is 3.56. The van der Waals surface area contributed by atoms with Crippen LogP contribution in [0.1, 0.15) is 25.6 Å². The highest BCUT2D eigenvalue weighted by Crippen LogP contribution is 2.12. The first-order chi connectivity index (χ1) is 9.97. The quantitative estimate of drug-likeness (QED) is 0.832. The number of carbonyl (C=O) groups excluding carboxylic acids is 1. The Bertz CT molecular complexity index is 472. The Morgan fingerprint density at radius 2 is 2.29 bits per heavy atom. The van der Waals surface area contributed by atoms with Crippen LogP contribution < -0.4 is 5.32 Å². The Kier molecular flexibility index (Phi) is 5.30. The Balaban J connectivity index is 2.02. The van der Waals surface area contributed by atoms with Gasteiger partial charge in [-0.25, -0.2) is 0 Å². The molecule has 1 saturated heterocycles. The fraction of sp³-hybridized carbons (Fsp3) is 0.786. The topological polar surface area (TPSA) is 74.5 Å². The normalized spacial score (nSPS) is 20.0. The van der Waals surface area contributed by atoms with Gasteiger partial charge >= 0.3 is 0 Å². The first-order valence-electron chi connectivity index (χ1n) is 7.44. The molecule has 1 fully saturated rings. The Morgan fingerprint density at radius 1 is 1.52 bits per heavy atom. The van der Waals surface area contributed by atoms with E-state index in [0.29, 0.717) is 24.9 Å². The number of aromatic nitrogens is 2. The molecule has 1 atom stereocenters. The second-order valence-corrected chi connectivity index (χ2v) is 6.13. The maximum atomic E-state index is 12.2. The summed E-state index contributed by atoms with van der Waals surface area (Å²) in [6.45, 7) is 7.09. The van der Waals surface area contributed by atoms with Gasteiger partial charge in [0.2, 0.25) is 11.8 Å². The standard InChI is InChI=1S/C14H25N5O2/c1-10(2)7-12-16-13(21-17-12)9-19-6-5-15-8-11(19)14(20)18(3)4/h10-11,15H,5-9H2,1-4H3. The molecule has 1 N–H and O–H groups in total. The van der Waals surface area contributed by atoms with Gasteiger partial charge in [0.05, 0.1) is 6.54 Å². The van der Waals surface area contributed by atoms with E-state index in [2.05, 4.69) is 34.2 Å². The van der Waals surface area contributed by atoms with Gasteiger partial charge in [-0.05, 0) is 5.92 Å². The number of nitrogens with zero attached hydrogens (tertiary/aromatic N) is 4. The number of rotatable bonds is 5. The van der Waals surface area contributed by atoms with Gasteiger partial charge in [-0.2, -0.15) is 4.98 Å². The third-order valence-corrected chi connectivity index (χ3v) is 3.52. The van der Waals surface area contributed by atoms with E-state index in [0.717, 1.165) is 25.3 Å². The van der Waals surface area contributed by atoms with Crippen LogP contribution >= 0.6 is 0 Å². The van der Waals surface area contributed by atoms with Crippen molar-refractivity contribution < 1.29 is 9.32 Å². The van der Waals surface area contributed by atoms with Crippen LogP contribution in [0, 0.1) is 5.92 Å². The summed E-state index contributed by atoms with van der Waals surface area (Å²) in [5, 5.41) is 7.26. The van der Waals surface area contributed by atoms with Crippen molar-refractivity contribution in [3.8, 4) is 0 Å².